The molecular formula is C22H22F2N2O3. The molecule has 2 amide bonds. The maximum absolute atomic E-state index is 14.0. The van der Waals surface area contributed by atoms with Gasteiger partial charge in [-0.3, -0.25) is 9.59 Å². The molecular weight excluding hydrogens is 378 g/mol. The number of carbonyl (C=O) groups excluding carboxylic acids is 2. The maximum Gasteiger partial charge on any atom is 0.291 e. The van der Waals surface area contributed by atoms with Crippen molar-refractivity contribution >= 4 is 28.5 Å². The van der Waals surface area contributed by atoms with Gasteiger partial charge in [-0.2, -0.15) is 0 Å². The van der Waals surface area contributed by atoms with Gasteiger partial charge in [0, 0.05) is 18.5 Å². The van der Waals surface area contributed by atoms with Crippen molar-refractivity contribution in [3.8, 4) is 0 Å². The zero-order valence-electron chi connectivity index (χ0n) is 16.3. The summed E-state index contributed by atoms with van der Waals surface area (Å²) in [5, 5.41) is 2.97. The molecule has 2 aromatic carbocycles. The Labute approximate surface area is 167 Å². The second-order valence-electron chi connectivity index (χ2n) is 6.65. The number of rotatable bonds is 7. The normalized spacial score (nSPS) is 10.9. The van der Waals surface area contributed by atoms with Gasteiger partial charge in [0.25, 0.3) is 11.8 Å². The Morgan fingerprint density at radius 2 is 1.59 bits per heavy atom. The summed E-state index contributed by atoms with van der Waals surface area (Å²) in [5.74, 6) is -3.39. The van der Waals surface area contributed by atoms with Crippen molar-refractivity contribution in [2.45, 2.75) is 26.7 Å². The summed E-state index contributed by atoms with van der Waals surface area (Å²) < 4.78 is 33.8. The van der Waals surface area contributed by atoms with Gasteiger partial charge in [-0.25, -0.2) is 8.78 Å². The number of fused-ring (bicyclic) bond motifs is 1. The summed E-state index contributed by atoms with van der Waals surface area (Å²) in [6, 6.07) is 9.97. The maximum atomic E-state index is 14.0. The van der Waals surface area contributed by atoms with Gasteiger partial charge in [0.15, 0.2) is 0 Å². The second kappa shape index (κ2) is 8.86. The SMILES string of the molecule is CCCN(CCC)C(=O)c1oc2ccccc2c1NC(=O)c1c(F)cccc1F. The predicted molar refractivity (Wildman–Crippen MR) is 107 cm³/mol. The van der Waals surface area contributed by atoms with Crippen LogP contribution in [-0.4, -0.2) is 29.8 Å². The second-order valence-corrected chi connectivity index (χ2v) is 6.65. The Bertz CT molecular complexity index is 1020. The number of para-hydroxylation sites is 1. The van der Waals surface area contributed by atoms with E-state index in [1.807, 2.05) is 13.8 Å². The zero-order chi connectivity index (χ0) is 21.0. The van der Waals surface area contributed by atoms with Crippen LogP contribution in [0.2, 0.25) is 0 Å². The van der Waals surface area contributed by atoms with E-state index in [1.165, 1.54) is 6.07 Å². The van der Waals surface area contributed by atoms with Crippen LogP contribution in [0.5, 0.6) is 0 Å². The lowest BCUT2D eigenvalue weighted by Gasteiger charge is -2.20. The highest BCUT2D eigenvalue weighted by Crippen LogP contribution is 2.32. The van der Waals surface area contributed by atoms with E-state index < -0.39 is 23.1 Å². The molecule has 0 bridgehead atoms. The molecule has 0 fully saturated rings. The highest BCUT2D eigenvalue weighted by molar-refractivity contribution is 6.14. The molecule has 3 rings (SSSR count). The molecule has 3 aromatic rings. The third-order valence-corrected chi connectivity index (χ3v) is 4.49. The topological polar surface area (TPSA) is 62.6 Å². The molecule has 0 atom stereocenters. The molecule has 1 heterocycles. The van der Waals surface area contributed by atoms with E-state index in [-0.39, 0.29) is 17.4 Å². The first kappa shape index (κ1) is 20.5. The van der Waals surface area contributed by atoms with E-state index in [0.29, 0.717) is 24.1 Å². The van der Waals surface area contributed by atoms with Crippen molar-refractivity contribution in [2.75, 3.05) is 18.4 Å². The Balaban J connectivity index is 2.06. The van der Waals surface area contributed by atoms with Gasteiger partial charge in [-0.05, 0) is 37.1 Å². The van der Waals surface area contributed by atoms with Crippen LogP contribution in [0, 0.1) is 11.6 Å². The van der Waals surface area contributed by atoms with E-state index in [0.717, 1.165) is 25.0 Å². The minimum Gasteiger partial charge on any atom is -0.449 e. The molecule has 0 radical (unpaired) electrons. The van der Waals surface area contributed by atoms with Crippen LogP contribution in [0.15, 0.2) is 46.9 Å². The summed E-state index contributed by atoms with van der Waals surface area (Å²) in [6.45, 7) is 4.97. The third kappa shape index (κ3) is 4.13. The number of carbonyl (C=O) groups is 2. The average Bonchev–Trinajstić information content (AvgIpc) is 3.05. The van der Waals surface area contributed by atoms with E-state index in [2.05, 4.69) is 5.32 Å². The molecule has 0 saturated carbocycles. The minimum atomic E-state index is -0.987. The third-order valence-electron chi connectivity index (χ3n) is 4.49. The van der Waals surface area contributed by atoms with Crippen LogP contribution in [-0.2, 0) is 0 Å². The van der Waals surface area contributed by atoms with Crippen LogP contribution in [0.4, 0.5) is 14.5 Å². The molecule has 0 aliphatic rings. The molecule has 0 saturated heterocycles. The average molecular weight is 400 g/mol. The lowest BCUT2D eigenvalue weighted by molar-refractivity contribution is 0.0727. The Morgan fingerprint density at radius 1 is 0.966 bits per heavy atom. The van der Waals surface area contributed by atoms with Crippen LogP contribution in [0.25, 0.3) is 11.0 Å². The summed E-state index contributed by atoms with van der Waals surface area (Å²) in [4.78, 5) is 27.4. The van der Waals surface area contributed by atoms with Crippen LogP contribution in [0.1, 0.15) is 47.6 Å². The highest BCUT2D eigenvalue weighted by atomic mass is 19.1. The molecule has 29 heavy (non-hydrogen) atoms. The Kier molecular flexibility index (Phi) is 6.26. The fourth-order valence-electron chi connectivity index (χ4n) is 3.21. The van der Waals surface area contributed by atoms with Crippen LogP contribution >= 0.6 is 0 Å². The van der Waals surface area contributed by atoms with Crippen LogP contribution in [0.3, 0.4) is 0 Å². The van der Waals surface area contributed by atoms with Gasteiger partial charge in [-0.15, -0.1) is 0 Å². The molecule has 1 aromatic heterocycles. The first-order chi connectivity index (χ1) is 14.0. The number of furan rings is 1. The quantitative estimate of drug-likeness (QED) is 0.591. The highest BCUT2D eigenvalue weighted by Gasteiger charge is 2.27. The minimum absolute atomic E-state index is 0.0572. The molecule has 0 aliphatic carbocycles. The zero-order valence-corrected chi connectivity index (χ0v) is 16.3. The number of anilines is 1. The number of nitrogens with one attached hydrogen (secondary N) is 1. The van der Waals surface area contributed by atoms with Gasteiger partial charge in [0.2, 0.25) is 5.76 Å². The lowest BCUT2D eigenvalue weighted by atomic mass is 10.1. The van der Waals surface area contributed by atoms with Gasteiger partial charge >= 0.3 is 0 Å². The van der Waals surface area contributed by atoms with E-state index >= 15 is 0 Å². The first-order valence-corrected chi connectivity index (χ1v) is 9.54. The van der Waals surface area contributed by atoms with E-state index in [4.69, 9.17) is 4.42 Å². The number of amides is 2. The van der Waals surface area contributed by atoms with E-state index in [1.54, 1.807) is 29.2 Å². The molecule has 7 heteroatoms. The molecule has 5 nitrogen and oxygen atoms in total. The van der Waals surface area contributed by atoms with Crippen molar-refractivity contribution in [2.24, 2.45) is 0 Å². The van der Waals surface area contributed by atoms with Crippen molar-refractivity contribution in [3.63, 3.8) is 0 Å². The van der Waals surface area contributed by atoms with Gasteiger partial charge in [0.05, 0.1) is 0 Å². The summed E-state index contributed by atoms with van der Waals surface area (Å²) >= 11 is 0. The van der Waals surface area contributed by atoms with Crippen molar-refractivity contribution < 1.29 is 22.8 Å². The number of nitrogens with zero attached hydrogens (tertiary/aromatic N) is 1. The van der Waals surface area contributed by atoms with Crippen molar-refractivity contribution in [1.82, 2.24) is 4.90 Å². The Hall–Kier alpha value is -3.22. The van der Waals surface area contributed by atoms with Crippen LogP contribution < -0.4 is 5.32 Å². The first-order valence-electron chi connectivity index (χ1n) is 9.54. The molecule has 0 spiro atoms. The molecule has 0 aliphatic heterocycles. The lowest BCUT2D eigenvalue weighted by Crippen LogP contribution is -2.33. The monoisotopic (exact) mass is 400 g/mol. The number of hydrogen-bond donors (Lipinski definition) is 1. The summed E-state index contributed by atoms with van der Waals surface area (Å²) in [7, 11) is 0. The number of halogens is 2. The fourth-order valence-corrected chi connectivity index (χ4v) is 3.21. The van der Waals surface area contributed by atoms with E-state index in [9.17, 15) is 18.4 Å². The van der Waals surface area contributed by atoms with Crippen molar-refractivity contribution in [1.29, 1.82) is 0 Å². The fraction of sp³-hybridized carbons (Fsp3) is 0.273. The van der Waals surface area contributed by atoms with Gasteiger partial charge in [-0.1, -0.05) is 32.0 Å². The largest absolute Gasteiger partial charge is 0.449 e. The smallest absolute Gasteiger partial charge is 0.291 e. The summed E-state index contributed by atoms with van der Waals surface area (Å²) in [5.41, 5.74) is -0.210. The number of benzene rings is 2. The predicted octanol–water partition coefficient (Wildman–Crippen LogP) is 5.23. The number of hydrogen-bond acceptors (Lipinski definition) is 3. The van der Waals surface area contributed by atoms with Gasteiger partial charge < -0.3 is 14.6 Å². The van der Waals surface area contributed by atoms with Gasteiger partial charge in [0.1, 0.15) is 28.5 Å². The summed E-state index contributed by atoms with van der Waals surface area (Å²) in [6.07, 6.45) is 1.52. The molecule has 0 unspecified atom stereocenters. The molecule has 1 N–H and O–H groups in total. The molecule has 152 valence electrons. The standard InChI is InChI=1S/C22H22F2N2O3/c1-3-12-26(13-4-2)22(28)20-19(14-8-5-6-11-17(14)29-20)25-21(27)18-15(23)9-7-10-16(18)24/h5-11H,3-4,12-13H2,1-2H3,(H,25,27). The Morgan fingerprint density at radius 3 is 2.21 bits per heavy atom. The van der Waals surface area contributed by atoms with Crippen molar-refractivity contribution in [3.05, 3.63) is 65.4 Å².